The Morgan fingerprint density at radius 3 is 2.15 bits per heavy atom. The van der Waals surface area contributed by atoms with E-state index >= 15 is 0 Å². The van der Waals surface area contributed by atoms with Gasteiger partial charge in [0.15, 0.2) is 0 Å². The van der Waals surface area contributed by atoms with E-state index in [1.165, 1.54) is 67.1 Å². The Morgan fingerprint density at radius 2 is 1.54 bits per heavy atom. The van der Waals surface area contributed by atoms with Crippen LogP contribution in [0.25, 0.3) is 0 Å². The number of benzene rings is 3. The van der Waals surface area contributed by atoms with Gasteiger partial charge in [0.2, 0.25) is 15.9 Å². The fourth-order valence-electron chi connectivity index (χ4n) is 4.16. The lowest BCUT2D eigenvalue weighted by Gasteiger charge is -2.26. The van der Waals surface area contributed by atoms with Gasteiger partial charge in [-0.15, -0.1) is 0 Å². The van der Waals surface area contributed by atoms with E-state index in [2.05, 4.69) is 5.32 Å². The van der Waals surface area contributed by atoms with Crippen molar-refractivity contribution in [3.8, 4) is 11.5 Å². The third kappa shape index (κ3) is 6.76. The minimum absolute atomic E-state index is 0.0287. The monoisotopic (exact) mass is 623 g/mol. The van der Waals surface area contributed by atoms with Crippen molar-refractivity contribution in [1.29, 1.82) is 0 Å². The maximum atomic E-state index is 13.7. The molecule has 0 bridgehead atoms. The molecule has 14 heteroatoms. The number of carbonyl (C=O) groups is 1. The van der Waals surface area contributed by atoms with Crippen LogP contribution in [0.1, 0.15) is 5.56 Å². The van der Waals surface area contributed by atoms with Gasteiger partial charge in [0.25, 0.3) is 10.0 Å². The lowest BCUT2D eigenvalue weighted by atomic mass is 10.2. The van der Waals surface area contributed by atoms with Gasteiger partial charge in [-0.3, -0.25) is 9.10 Å². The number of carbonyl (C=O) groups excluding carboxylic acids is 1. The Kier molecular flexibility index (Phi) is 9.44. The van der Waals surface area contributed by atoms with Gasteiger partial charge in [0.1, 0.15) is 18.0 Å². The van der Waals surface area contributed by atoms with Crippen LogP contribution in [0.4, 0.5) is 11.4 Å². The van der Waals surface area contributed by atoms with Crippen molar-refractivity contribution in [1.82, 2.24) is 4.31 Å². The number of morpholine rings is 1. The van der Waals surface area contributed by atoms with E-state index in [0.29, 0.717) is 5.75 Å². The SMILES string of the molecule is COc1ccc(N(CC(=O)Nc2cc(S(=O)(=O)N3CCOCC3)ccc2OC)S(=O)(=O)c2ccc(C)cc2)cc1Cl. The van der Waals surface area contributed by atoms with Crippen LogP contribution < -0.4 is 19.1 Å². The number of nitrogens with one attached hydrogen (secondary N) is 1. The molecule has 1 amide bonds. The summed E-state index contributed by atoms with van der Waals surface area (Å²) in [5, 5.41) is 2.76. The van der Waals surface area contributed by atoms with Gasteiger partial charge in [0.05, 0.1) is 53.6 Å². The summed E-state index contributed by atoms with van der Waals surface area (Å²) in [5.41, 5.74) is 1.05. The highest BCUT2D eigenvalue weighted by molar-refractivity contribution is 7.92. The van der Waals surface area contributed by atoms with Crippen LogP contribution in [0.2, 0.25) is 5.02 Å². The summed E-state index contributed by atoms with van der Waals surface area (Å²) < 4.78 is 71.8. The number of halogens is 1. The van der Waals surface area contributed by atoms with E-state index in [0.717, 1.165) is 9.87 Å². The molecule has 4 rings (SSSR count). The fourth-order valence-corrected chi connectivity index (χ4v) is 7.26. The van der Waals surface area contributed by atoms with E-state index in [1.54, 1.807) is 12.1 Å². The molecule has 1 N–H and O–H groups in total. The molecule has 0 spiro atoms. The molecule has 0 aromatic heterocycles. The highest BCUT2D eigenvalue weighted by Crippen LogP contribution is 2.33. The molecule has 0 radical (unpaired) electrons. The lowest BCUT2D eigenvalue weighted by Crippen LogP contribution is -2.40. The van der Waals surface area contributed by atoms with E-state index in [-0.39, 0.29) is 58.2 Å². The summed E-state index contributed by atoms with van der Waals surface area (Å²) in [4.78, 5) is 13.3. The van der Waals surface area contributed by atoms with Crippen molar-refractivity contribution in [2.75, 3.05) is 56.7 Å². The fraction of sp³-hybridized carbons (Fsp3) is 0.296. The zero-order valence-corrected chi connectivity index (χ0v) is 25.1. The molecule has 11 nitrogen and oxygen atoms in total. The van der Waals surface area contributed by atoms with E-state index in [4.69, 9.17) is 25.8 Å². The van der Waals surface area contributed by atoms with Crippen molar-refractivity contribution in [2.24, 2.45) is 0 Å². The van der Waals surface area contributed by atoms with Gasteiger partial charge in [-0.05, 0) is 55.5 Å². The molecule has 1 saturated heterocycles. The van der Waals surface area contributed by atoms with E-state index in [9.17, 15) is 21.6 Å². The quantitative estimate of drug-likeness (QED) is 0.363. The Bertz CT molecular complexity index is 1620. The normalized spacial score (nSPS) is 14.3. The number of sulfonamides is 2. The Balaban J connectivity index is 1.68. The number of anilines is 2. The Hall–Kier alpha value is -3.36. The van der Waals surface area contributed by atoms with Crippen LogP contribution in [0.5, 0.6) is 11.5 Å². The molecular formula is C27H30ClN3O8S2. The highest BCUT2D eigenvalue weighted by Gasteiger charge is 2.30. The van der Waals surface area contributed by atoms with Gasteiger partial charge in [-0.2, -0.15) is 4.31 Å². The number of methoxy groups -OCH3 is 2. The molecule has 3 aromatic rings. The molecule has 1 heterocycles. The van der Waals surface area contributed by atoms with Crippen LogP contribution in [0, 0.1) is 6.92 Å². The highest BCUT2D eigenvalue weighted by atomic mass is 35.5. The first-order valence-corrected chi connectivity index (χ1v) is 15.7. The zero-order chi connectivity index (χ0) is 29.8. The second-order valence-electron chi connectivity index (χ2n) is 9.07. The van der Waals surface area contributed by atoms with E-state index < -0.39 is 32.5 Å². The third-order valence-corrected chi connectivity index (χ3v) is 10.4. The Labute approximate surface area is 244 Å². The number of nitrogens with zero attached hydrogens (tertiary/aromatic N) is 2. The third-order valence-electron chi connectivity index (χ3n) is 6.37. The lowest BCUT2D eigenvalue weighted by molar-refractivity contribution is -0.114. The van der Waals surface area contributed by atoms with Gasteiger partial charge in [0, 0.05) is 13.1 Å². The van der Waals surface area contributed by atoms with Crippen molar-refractivity contribution < 1.29 is 35.8 Å². The number of amides is 1. The minimum atomic E-state index is -4.23. The van der Waals surface area contributed by atoms with Crippen LogP contribution in [0.3, 0.4) is 0 Å². The smallest absolute Gasteiger partial charge is 0.264 e. The first kappa shape index (κ1) is 30.6. The van der Waals surface area contributed by atoms with Crippen molar-refractivity contribution in [2.45, 2.75) is 16.7 Å². The number of hydrogen-bond donors (Lipinski definition) is 1. The minimum Gasteiger partial charge on any atom is -0.495 e. The van der Waals surface area contributed by atoms with E-state index in [1.807, 2.05) is 6.92 Å². The predicted octanol–water partition coefficient (Wildman–Crippen LogP) is 3.52. The first-order valence-electron chi connectivity index (χ1n) is 12.5. The number of aryl methyl sites for hydroxylation is 1. The summed E-state index contributed by atoms with van der Waals surface area (Å²) >= 11 is 6.29. The van der Waals surface area contributed by atoms with Crippen LogP contribution in [0.15, 0.2) is 70.5 Å². The summed E-state index contributed by atoms with van der Waals surface area (Å²) in [6.07, 6.45) is 0. The summed E-state index contributed by atoms with van der Waals surface area (Å²) in [6.45, 7) is 2.13. The van der Waals surface area contributed by atoms with Crippen LogP contribution >= 0.6 is 11.6 Å². The molecule has 0 saturated carbocycles. The molecule has 0 aliphatic carbocycles. The second kappa shape index (κ2) is 12.7. The largest absolute Gasteiger partial charge is 0.495 e. The summed E-state index contributed by atoms with van der Waals surface area (Å²) in [5.74, 6) is -0.220. The maximum absolute atomic E-state index is 13.7. The average Bonchev–Trinajstić information content (AvgIpc) is 2.96. The van der Waals surface area contributed by atoms with Gasteiger partial charge < -0.3 is 19.5 Å². The molecule has 41 heavy (non-hydrogen) atoms. The maximum Gasteiger partial charge on any atom is 0.264 e. The molecular weight excluding hydrogens is 594 g/mol. The van der Waals surface area contributed by atoms with Gasteiger partial charge >= 0.3 is 0 Å². The Morgan fingerprint density at radius 1 is 0.927 bits per heavy atom. The van der Waals surface area contributed by atoms with Crippen molar-refractivity contribution >= 4 is 48.9 Å². The predicted molar refractivity (Wildman–Crippen MR) is 155 cm³/mol. The van der Waals surface area contributed by atoms with Gasteiger partial charge in [-0.25, -0.2) is 16.8 Å². The summed E-state index contributed by atoms with van der Waals surface area (Å²) in [7, 11) is -5.30. The molecule has 3 aromatic carbocycles. The molecule has 1 aliphatic heterocycles. The van der Waals surface area contributed by atoms with Gasteiger partial charge in [-0.1, -0.05) is 29.3 Å². The number of ether oxygens (including phenoxy) is 3. The topological polar surface area (TPSA) is 132 Å². The molecule has 0 unspecified atom stereocenters. The summed E-state index contributed by atoms with van der Waals surface area (Å²) in [6, 6.07) is 14.6. The van der Waals surface area contributed by atoms with Crippen molar-refractivity contribution in [3.05, 3.63) is 71.2 Å². The molecule has 220 valence electrons. The van der Waals surface area contributed by atoms with Crippen molar-refractivity contribution in [3.63, 3.8) is 0 Å². The van der Waals surface area contributed by atoms with Crippen LogP contribution in [-0.4, -0.2) is 74.1 Å². The molecule has 1 fully saturated rings. The average molecular weight is 624 g/mol. The molecule has 0 atom stereocenters. The zero-order valence-electron chi connectivity index (χ0n) is 22.7. The van der Waals surface area contributed by atoms with Crippen LogP contribution in [-0.2, 0) is 29.6 Å². The first-order chi connectivity index (χ1) is 19.5. The second-order valence-corrected chi connectivity index (χ2v) is 13.3. The standard InChI is InChI=1S/C27H30ClN3O8S2/c1-19-4-7-21(8-5-19)41(35,36)31(20-6-10-25(37-2)23(28)16-20)18-27(32)29-24-17-22(9-11-26(24)38-3)40(33,34)30-12-14-39-15-13-30/h4-11,16-17H,12-15,18H2,1-3H3,(H,29,32). The number of rotatable bonds is 10. The number of hydrogen-bond acceptors (Lipinski definition) is 8. The molecule has 1 aliphatic rings.